The molecule has 1 aromatic carbocycles. The van der Waals surface area contributed by atoms with Gasteiger partial charge in [-0.3, -0.25) is 10.1 Å². The van der Waals surface area contributed by atoms with Crippen molar-refractivity contribution in [2.24, 2.45) is 0 Å². The maximum Gasteiger partial charge on any atom is 1.00 e. The van der Waals surface area contributed by atoms with E-state index in [0.717, 1.165) is 12.8 Å². The second-order valence-corrected chi connectivity index (χ2v) is 5.63. The van der Waals surface area contributed by atoms with Crippen molar-refractivity contribution in [2.45, 2.75) is 19.8 Å². The molecule has 3 rings (SSSR count). The molecule has 29 heavy (non-hydrogen) atoms. The van der Waals surface area contributed by atoms with Gasteiger partial charge < -0.3 is 14.8 Å². The number of methoxy groups -OCH3 is 1. The third kappa shape index (κ3) is 6.11. The number of nitrogens with zero attached hydrogens (tertiary/aromatic N) is 5. The molecule has 0 saturated heterocycles. The van der Waals surface area contributed by atoms with E-state index in [9.17, 15) is 4.79 Å². The van der Waals surface area contributed by atoms with E-state index in [4.69, 9.17) is 9.47 Å². The van der Waals surface area contributed by atoms with Crippen LogP contribution in [-0.4, -0.2) is 50.2 Å². The monoisotopic (exact) mass is 407 g/mol. The minimum absolute atomic E-state index is 0. The Balaban J connectivity index is 0.00000300. The number of anilines is 3. The number of amides is 1. The first-order valence-corrected chi connectivity index (χ1v) is 8.66. The first-order chi connectivity index (χ1) is 13.7. The van der Waals surface area contributed by atoms with Gasteiger partial charge in [0.2, 0.25) is 11.8 Å². The fourth-order valence-electron chi connectivity index (χ4n) is 2.26. The molecule has 0 aliphatic heterocycles. The van der Waals surface area contributed by atoms with Gasteiger partial charge in [0.05, 0.1) is 19.4 Å². The number of aromatic amines is 1. The molecule has 0 aliphatic carbocycles. The number of nitrogens with one attached hydrogen (secondary N) is 3. The molecule has 3 N–H and O–H groups in total. The smallest absolute Gasteiger partial charge is 0.491 e. The first-order valence-electron chi connectivity index (χ1n) is 8.66. The first kappa shape index (κ1) is 22.5. The van der Waals surface area contributed by atoms with Crippen molar-refractivity contribution < 1.29 is 43.8 Å². The average molecular weight is 407 g/mol. The van der Waals surface area contributed by atoms with Gasteiger partial charge in [0.25, 0.3) is 11.9 Å². The summed E-state index contributed by atoms with van der Waals surface area (Å²) in [6.07, 6.45) is 3.36. The number of para-hydroxylation sites is 2. The quantitative estimate of drug-likeness (QED) is 0.306. The predicted octanol–water partition coefficient (Wildman–Crippen LogP) is -0.823. The Morgan fingerprint density at radius 1 is 1.24 bits per heavy atom. The number of hydrogen-bond acceptors (Lipinski definition) is 9. The molecule has 0 fully saturated rings. The standard InChI is InChI=1S/C17H20N8O3.Na/c1-3-4-9-28-13-8-6-5-7-12(13)19-16-18-10-11(15(21-16)27-2)14(26)20-17-22-24-25-23-17;/h5-8,10H,3-4,9H2,1-2H3,(H,18,19,21)(H2,20,22,23,24,25,26);/q;+1. The molecule has 12 heteroatoms. The fourth-order valence-corrected chi connectivity index (χ4v) is 2.26. The number of hydrogen-bond donors (Lipinski definition) is 3. The second-order valence-electron chi connectivity index (χ2n) is 5.63. The zero-order valence-corrected chi connectivity index (χ0v) is 18.5. The molecule has 11 nitrogen and oxygen atoms in total. The van der Waals surface area contributed by atoms with Crippen molar-refractivity contribution in [3.05, 3.63) is 36.0 Å². The topological polar surface area (TPSA) is 140 Å². The van der Waals surface area contributed by atoms with E-state index in [2.05, 4.69) is 48.1 Å². The number of H-pyrrole nitrogens is 1. The van der Waals surface area contributed by atoms with Gasteiger partial charge in [-0.1, -0.05) is 30.6 Å². The van der Waals surface area contributed by atoms with Crippen LogP contribution in [0.4, 0.5) is 17.6 Å². The third-order valence-electron chi connectivity index (χ3n) is 3.65. The molecule has 0 radical (unpaired) electrons. The number of tetrazole rings is 1. The number of rotatable bonds is 9. The van der Waals surface area contributed by atoms with Gasteiger partial charge in [-0.15, -0.1) is 5.10 Å². The minimum Gasteiger partial charge on any atom is -0.491 e. The molecule has 1 amide bonds. The Hall–Kier alpha value is -2.76. The Morgan fingerprint density at radius 3 is 2.79 bits per heavy atom. The van der Waals surface area contributed by atoms with Crippen molar-refractivity contribution >= 4 is 23.5 Å². The molecule has 0 unspecified atom stereocenters. The average Bonchev–Trinajstić information content (AvgIpc) is 3.22. The van der Waals surface area contributed by atoms with Crippen molar-refractivity contribution in [3.63, 3.8) is 0 Å². The summed E-state index contributed by atoms with van der Waals surface area (Å²) in [6.45, 7) is 2.72. The van der Waals surface area contributed by atoms with Crippen LogP contribution in [0.5, 0.6) is 11.6 Å². The van der Waals surface area contributed by atoms with Crippen molar-refractivity contribution in [3.8, 4) is 11.6 Å². The van der Waals surface area contributed by atoms with E-state index in [1.807, 2.05) is 24.3 Å². The van der Waals surface area contributed by atoms with Gasteiger partial charge in [0.15, 0.2) is 0 Å². The van der Waals surface area contributed by atoms with Gasteiger partial charge in [0, 0.05) is 6.20 Å². The van der Waals surface area contributed by atoms with Crippen molar-refractivity contribution in [1.82, 2.24) is 30.6 Å². The van der Waals surface area contributed by atoms with Crippen LogP contribution in [-0.2, 0) is 0 Å². The van der Waals surface area contributed by atoms with E-state index in [0.29, 0.717) is 18.0 Å². The number of benzene rings is 1. The zero-order valence-electron chi connectivity index (χ0n) is 16.5. The number of unbranched alkanes of at least 4 members (excludes halogenated alkanes) is 1. The SMILES string of the molecule is CCCCOc1ccccc1Nc1ncc(C(=O)Nc2nn[nH]n2)c(OC)n1.[Na+]. The summed E-state index contributed by atoms with van der Waals surface area (Å²) in [5.74, 6) is 0.570. The van der Waals surface area contributed by atoms with Gasteiger partial charge in [-0.05, 0) is 23.8 Å². The van der Waals surface area contributed by atoms with Crippen molar-refractivity contribution in [1.29, 1.82) is 0 Å². The normalized spacial score (nSPS) is 10.0. The molecular weight excluding hydrogens is 387 g/mol. The summed E-state index contributed by atoms with van der Waals surface area (Å²) in [5.41, 5.74) is 0.843. The van der Waals surface area contributed by atoms with Gasteiger partial charge in [-0.25, -0.2) is 4.98 Å². The Labute approximate surface area is 189 Å². The summed E-state index contributed by atoms with van der Waals surface area (Å²) in [7, 11) is 1.42. The van der Waals surface area contributed by atoms with Crippen molar-refractivity contribution in [2.75, 3.05) is 24.4 Å². The minimum atomic E-state index is -0.520. The van der Waals surface area contributed by atoms with E-state index >= 15 is 0 Å². The number of ether oxygens (including phenoxy) is 2. The Morgan fingerprint density at radius 2 is 2.07 bits per heavy atom. The molecule has 0 saturated carbocycles. The van der Waals surface area contributed by atoms with Crippen LogP contribution in [0.3, 0.4) is 0 Å². The van der Waals surface area contributed by atoms with E-state index in [1.165, 1.54) is 13.3 Å². The van der Waals surface area contributed by atoms with Gasteiger partial charge >= 0.3 is 29.6 Å². The summed E-state index contributed by atoms with van der Waals surface area (Å²) in [5, 5.41) is 18.5. The molecule has 2 heterocycles. The number of carbonyl (C=O) groups is 1. The molecular formula is C17H20N8NaO3+. The van der Waals surface area contributed by atoms with Crippen LogP contribution in [0, 0.1) is 0 Å². The predicted molar refractivity (Wildman–Crippen MR) is 101 cm³/mol. The molecule has 2 aromatic heterocycles. The largest absolute Gasteiger partial charge is 1.00 e. The maximum absolute atomic E-state index is 12.3. The second kappa shape index (κ2) is 11.3. The van der Waals surface area contributed by atoms with Crippen LogP contribution in [0.15, 0.2) is 30.5 Å². The Kier molecular flexibility index (Phi) is 8.77. The summed E-state index contributed by atoms with van der Waals surface area (Å²) >= 11 is 0. The van der Waals surface area contributed by atoms with Gasteiger partial charge in [0.1, 0.15) is 11.3 Å². The molecule has 0 spiro atoms. The molecule has 0 atom stereocenters. The van der Waals surface area contributed by atoms with Crippen LogP contribution in [0.25, 0.3) is 0 Å². The van der Waals surface area contributed by atoms with Crippen LogP contribution in [0.2, 0.25) is 0 Å². The molecule has 3 aromatic rings. The molecule has 0 aliphatic rings. The van der Waals surface area contributed by atoms with E-state index < -0.39 is 5.91 Å². The fraction of sp³-hybridized carbons (Fsp3) is 0.294. The zero-order chi connectivity index (χ0) is 19.8. The number of aromatic nitrogens is 6. The van der Waals surface area contributed by atoms with E-state index in [-0.39, 0.29) is 52.9 Å². The summed E-state index contributed by atoms with van der Waals surface area (Å²) < 4.78 is 11.0. The number of carbonyl (C=O) groups excluding carboxylic acids is 1. The van der Waals surface area contributed by atoms with Crippen LogP contribution in [0.1, 0.15) is 30.1 Å². The summed E-state index contributed by atoms with van der Waals surface area (Å²) in [4.78, 5) is 20.8. The van der Waals surface area contributed by atoms with E-state index in [1.54, 1.807) is 0 Å². The van der Waals surface area contributed by atoms with Gasteiger partial charge in [-0.2, -0.15) is 10.2 Å². The third-order valence-corrected chi connectivity index (χ3v) is 3.65. The van der Waals surface area contributed by atoms with Crippen LogP contribution < -0.4 is 49.7 Å². The Bertz CT molecular complexity index is 923. The summed E-state index contributed by atoms with van der Waals surface area (Å²) in [6, 6.07) is 7.48. The molecule has 146 valence electrons. The van der Waals surface area contributed by atoms with Crippen LogP contribution >= 0.6 is 0 Å². The maximum atomic E-state index is 12.3. The molecule has 0 bridgehead atoms.